The van der Waals surface area contributed by atoms with Crippen LogP contribution in [0.4, 0.5) is 17.1 Å². The minimum atomic E-state index is -3.73. The molecule has 0 aliphatic heterocycles. The van der Waals surface area contributed by atoms with Gasteiger partial charge in [0, 0.05) is 11.4 Å². The third-order valence-corrected chi connectivity index (χ3v) is 5.05. The summed E-state index contributed by atoms with van der Waals surface area (Å²) >= 11 is 0. The molecule has 4 aromatic rings. The first-order chi connectivity index (χ1) is 13.8. The number of sulfonamides is 1. The summed E-state index contributed by atoms with van der Waals surface area (Å²) in [5.74, 6) is -0.164. The molecule has 0 aliphatic rings. The lowest BCUT2D eigenvalue weighted by molar-refractivity contribution is 0.477. The van der Waals surface area contributed by atoms with Crippen LogP contribution in [0, 0.1) is 0 Å². The molecular formula is C22H21N3O3S. The van der Waals surface area contributed by atoms with E-state index >= 15 is 0 Å². The largest absolute Gasteiger partial charge is 0.506 e. The molecular weight excluding hydrogens is 386 g/mol. The van der Waals surface area contributed by atoms with Crippen LogP contribution in [-0.2, 0) is 10.0 Å². The fraction of sp³-hybridized carbons (Fsp3) is 0. The van der Waals surface area contributed by atoms with Crippen molar-refractivity contribution in [3.63, 3.8) is 0 Å². The van der Waals surface area contributed by atoms with E-state index in [-0.39, 0.29) is 16.3 Å². The fourth-order valence-corrected chi connectivity index (χ4v) is 3.21. The van der Waals surface area contributed by atoms with Gasteiger partial charge in [-0.3, -0.25) is 0 Å². The van der Waals surface area contributed by atoms with Crippen molar-refractivity contribution in [2.45, 2.75) is 4.90 Å². The van der Waals surface area contributed by atoms with Crippen LogP contribution in [0.2, 0.25) is 0 Å². The maximum Gasteiger partial charge on any atom is 0.238 e. The molecule has 0 aromatic heterocycles. The number of hydrogen-bond acceptors (Lipinski definition) is 5. The van der Waals surface area contributed by atoms with Crippen molar-refractivity contribution in [2.75, 3.05) is 11.1 Å². The maximum absolute atomic E-state index is 10.7. The number of phenolic OH excluding ortho intramolecular Hbond substituents is 1. The molecule has 148 valence electrons. The zero-order valence-electron chi connectivity index (χ0n) is 15.5. The van der Waals surface area contributed by atoms with Crippen molar-refractivity contribution < 1.29 is 13.5 Å². The standard InChI is InChI=1S/C16H13N.C6H8N2O3S/c1-2-8-15(9-3-1)17-16-11-10-13-6-4-5-7-14(13)12-16;7-5-3-4(12(8,10)11)1-2-6(5)9/h1-12,17H;1-3,9H,7H2,(H2,8,10,11). The monoisotopic (exact) mass is 407 g/mol. The number of nitrogens with one attached hydrogen (secondary N) is 1. The van der Waals surface area contributed by atoms with Gasteiger partial charge in [0.2, 0.25) is 10.0 Å². The van der Waals surface area contributed by atoms with E-state index in [9.17, 15) is 8.42 Å². The van der Waals surface area contributed by atoms with Crippen LogP contribution in [0.15, 0.2) is 95.9 Å². The van der Waals surface area contributed by atoms with Gasteiger partial charge in [-0.2, -0.15) is 0 Å². The summed E-state index contributed by atoms with van der Waals surface area (Å²) in [7, 11) is -3.73. The van der Waals surface area contributed by atoms with Crippen LogP contribution in [0.25, 0.3) is 10.8 Å². The first-order valence-corrected chi connectivity index (χ1v) is 10.3. The summed E-state index contributed by atoms with van der Waals surface area (Å²) in [5, 5.41) is 19.7. The lowest BCUT2D eigenvalue weighted by Crippen LogP contribution is -2.12. The van der Waals surface area contributed by atoms with Gasteiger partial charge < -0.3 is 16.2 Å². The summed E-state index contributed by atoms with van der Waals surface area (Å²) in [6.07, 6.45) is 0. The van der Waals surface area contributed by atoms with Crippen molar-refractivity contribution in [1.82, 2.24) is 0 Å². The highest BCUT2D eigenvalue weighted by molar-refractivity contribution is 7.89. The van der Waals surface area contributed by atoms with Crippen LogP contribution in [0.3, 0.4) is 0 Å². The first-order valence-electron chi connectivity index (χ1n) is 8.75. The van der Waals surface area contributed by atoms with Gasteiger partial charge >= 0.3 is 0 Å². The van der Waals surface area contributed by atoms with E-state index in [2.05, 4.69) is 59.9 Å². The summed E-state index contributed by atoms with van der Waals surface area (Å²) < 4.78 is 21.5. The van der Waals surface area contributed by atoms with Crippen molar-refractivity contribution in [3.8, 4) is 5.75 Å². The number of benzene rings is 4. The average Bonchev–Trinajstić information content (AvgIpc) is 2.70. The number of rotatable bonds is 3. The normalized spacial score (nSPS) is 10.8. The van der Waals surface area contributed by atoms with E-state index in [1.165, 1.54) is 22.9 Å². The topological polar surface area (TPSA) is 118 Å². The smallest absolute Gasteiger partial charge is 0.238 e. The summed E-state index contributed by atoms with van der Waals surface area (Å²) in [4.78, 5) is -0.113. The molecule has 0 amide bonds. The second kappa shape index (κ2) is 8.64. The number of primary sulfonamides is 1. The van der Waals surface area contributed by atoms with E-state index < -0.39 is 10.0 Å². The molecule has 0 spiro atoms. The molecule has 6 nitrogen and oxygen atoms in total. The fourth-order valence-electron chi connectivity index (χ4n) is 2.66. The van der Waals surface area contributed by atoms with Gasteiger partial charge in [-0.1, -0.05) is 48.5 Å². The lowest BCUT2D eigenvalue weighted by atomic mass is 10.1. The summed E-state index contributed by atoms with van der Waals surface area (Å²) in [6.45, 7) is 0. The van der Waals surface area contributed by atoms with Gasteiger partial charge in [0.1, 0.15) is 5.75 Å². The third-order valence-electron chi connectivity index (χ3n) is 4.14. The molecule has 0 saturated heterocycles. The number of phenols is 1. The second-order valence-corrected chi connectivity index (χ2v) is 7.88. The number of para-hydroxylation sites is 1. The van der Waals surface area contributed by atoms with Crippen LogP contribution in [0.5, 0.6) is 5.75 Å². The van der Waals surface area contributed by atoms with Crippen molar-refractivity contribution in [1.29, 1.82) is 0 Å². The molecule has 0 bridgehead atoms. The zero-order chi connectivity index (χ0) is 20.9. The van der Waals surface area contributed by atoms with Crippen molar-refractivity contribution in [3.05, 3.63) is 91.0 Å². The Balaban J connectivity index is 0.000000177. The Morgan fingerprint density at radius 3 is 2.03 bits per heavy atom. The Morgan fingerprint density at radius 2 is 1.38 bits per heavy atom. The lowest BCUT2D eigenvalue weighted by Gasteiger charge is -2.07. The predicted molar refractivity (Wildman–Crippen MR) is 118 cm³/mol. The zero-order valence-corrected chi connectivity index (χ0v) is 16.3. The predicted octanol–water partition coefficient (Wildman–Crippen LogP) is 4.21. The third kappa shape index (κ3) is 5.47. The van der Waals surface area contributed by atoms with E-state index in [1.54, 1.807) is 0 Å². The Labute approximate surface area is 169 Å². The number of aromatic hydroxyl groups is 1. The highest BCUT2D eigenvalue weighted by Gasteiger charge is 2.08. The van der Waals surface area contributed by atoms with E-state index in [4.69, 9.17) is 16.0 Å². The molecule has 0 radical (unpaired) electrons. The van der Waals surface area contributed by atoms with Crippen LogP contribution < -0.4 is 16.2 Å². The number of hydrogen-bond donors (Lipinski definition) is 4. The van der Waals surface area contributed by atoms with Gasteiger partial charge in [-0.15, -0.1) is 0 Å². The molecule has 0 unspecified atom stereocenters. The molecule has 6 N–H and O–H groups in total. The number of anilines is 3. The Bertz CT molecular complexity index is 1230. The highest BCUT2D eigenvalue weighted by Crippen LogP contribution is 2.23. The number of nitrogens with two attached hydrogens (primary N) is 2. The molecule has 29 heavy (non-hydrogen) atoms. The molecule has 0 fully saturated rings. The minimum Gasteiger partial charge on any atom is -0.506 e. The van der Waals surface area contributed by atoms with Gasteiger partial charge in [0.25, 0.3) is 0 Å². The van der Waals surface area contributed by atoms with Gasteiger partial charge in [-0.05, 0) is 53.2 Å². The molecule has 0 heterocycles. The van der Waals surface area contributed by atoms with Crippen LogP contribution in [-0.4, -0.2) is 13.5 Å². The highest BCUT2D eigenvalue weighted by atomic mass is 32.2. The maximum atomic E-state index is 10.7. The molecule has 4 aromatic carbocycles. The quantitative estimate of drug-likeness (QED) is 0.300. The average molecular weight is 407 g/mol. The Morgan fingerprint density at radius 1 is 0.724 bits per heavy atom. The SMILES string of the molecule is Nc1cc(S(N)(=O)=O)ccc1O.c1ccc(Nc2ccc3ccccc3c2)cc1. The molecule has 7 heteroatoms. The van der Waals surface area contributed by atoms with Crippen molar-refractivity contribution in [2.24, 2.45) is 5.14 Å². The van der Waals surface area contributed by atoms with Gasteiger partial charge in [0.15, 0.2) is 0 Å². The van der Waals surface area contributed by atoms with E-state index in [0.717, 1.165) is 17.4 Å². The second-order valence-electron chi connectivity index (χ2n) is 6.32. The Hall–Kier alpha value is -3.55. The molecule has 0 aliphatic carbocycles. The van der Waals surface area contributed by atoms with Gasteiger partial charge in [0.05, 0.1) is 10.6 Å². The van der Waals surface area contributed by atoms with Crippen LogP contribution in [0.1, 0.15) is 0 Å². The van der Waals surface area contributed by atoms with E-state index in [0.29, 0.717) is 0 Å². The Kier molecular flexibility index (Phi) is 6.01. The molecule has 4 rings (SSSR count). The summed E-state index contributed by atoms with van der Waals surface area (Å²) in [5.41, 5.74) is 7.47. The van der Waals surface area contributed by atoms with Crippen molar-refractivity contribution >= 4 is 37.9 Å². The van der Waals surface area contributed by atoms with E-state index in [1.807, 2.05) is 18.2 Å². The van der Waals surface area contributed by atoms with Crippen LogP contribution >= 0.6 is 0 Å². The number of fused-ring (bicyclic) bond motifs is 1. The minimum absolute atomic E-state index is 0.0125. The molecule has 0 atom stereocenters. The number of nitrogen functional groups attached to an aromatic ring is 1. The summed E-state index contributed by atoms with van der Waals surface area (Å²) in [6, 6.07) is 28.5. The molecule has 0 saturated carbocycles. The van der Waals surface area contributed by atoms with Gasteiger partial charge in [-0.25, -0.2) is 13.6 Å². The first kappa shape index (κ1) is 20.2.